The Hall–Kier alpha value is -4.46. The van der Waals surface area contributed by atoms with Gasteiger partial charge < -0.3 is 32.8 Å². The second-order valence-electron chi connectivity index (χ2n) is 13.3. The molecular formula is C43H55N3O7SSi. The first-order valence-electron chi connectivity index (χ1n) is 19.3. The fourth-order valence-electron chi connectivity index (χ4n) is 6.69. The Bertz CT molecular complexity index is 2030. The molecule has 0 aliphatic carbocycles. The topological polar surface area (TPSA) is 108 Å². The van der Waals surface area contributed by atoms with Crippen molar-refractivity contribution in [3.05, 3.63) is 108 Å². The van der Waals surface area contributed by atoms with Crippen LogP contribution in [0.2, 0.25) is 6.04 Å². The quantitative estimate of drug-likeness (QED) is 0.0422. The van der Waals surface area contributed by atoms with E-state index < -0.39 is 24.7 Å². The normalized spacial score (nSPS) is 12.1. The van der Waals surface area contributed by atoms with E-state index in [4.69, 9.17) is 18.0 Å². The molecule has 0 unspecified atom stereocenters. The number of fused-ring (bicyclic) bond motifs is 3. The number of alkyl carbamates (subject to hydrolysis) is 1. The molecule has 0 aliphatic heterocycles. The van der Waals surface area contributed by atoms with Crippen LogP contribution >= 0.6 is 0 Å². The third-order valence-corrected chi connectivity index (χ3v) is 14.4. The second-order valence-corrected chi connectivity index (χ2v) is 18.1. The Morgan fingerprint density at radius 2 is 1.29 bits per heavy atom. The maximum Gasteiger partial charge on any atom is 0.500 e. The summed E-state index contributed by atoms with van der Waals surface area (Å²) in [6.07, 6.45) is 5.54. The van der Waals surface area contributed by atoms with Gasteiger partial charge in [-0.2, -0.15) is 0 Å². The highest BCUT2D eigenvalue weighted by atomic mass is 32.2. The zero-order valence-corrected chi connectivity index (χ0v) is 34.4. The number of anilines is 1. The van der Waals surface area contributed by atoms with E-state index in [0.717, 1.165) is 29.8 Å². The van der Waals surface area contributed by atoms with Crippen molar-refractivity contribution >= 4 is 64.4 Å². The molecule has 0 saturated heterocycles. The van der Waals surface area contributed by atoms with E-state index in [9.17, 15) is 13.2 Å². The summed E-state index contributed by atoms with van der Waals surface area (Å²) >= 11 is 0. The van der Waals surface area contributed by atoms with Gasteiger partial charge in [-0.3, -0.25) is 0 Å². The number of nitrogens with one attached hydrogen (secondary N) is 1. The minimum Gasteiger partial charge on any atom is -0.448 e. The van der Waals surface area contributed by atoms with Gasteiger partial charge in [-0.15, -0.1) is 0 Å². The number of hydrogen-bond acceptors (Lipinski definition) is 8. The maximum absolute atomic E-state index is 13.2. The van der Waals surface area contributed by atoms with E-state index in [1.807, 2.05) is 93.4 Å². The summed E-state index contributed by atoms with van der Waals surface area (Å²) in [4.78, 5) is 14.6. The highest BCUT2D eigenvalue weighted by molar-refractivity contribution is 7.91. The predicted molar refractivity (Wildman–Crippen MR) is 225 cm³/mol. The molecule has 55 heavy (non-hydrogen) atoms. The van der Waals surface area contributed by atoms with Gasteiger partial charge in [0.1, 0.15) is 6.61 Å². The van der Waals surface area contributed by atoms with Gasteiger partial charge >= 0.3 is 14.9 Å². The van der Waals surface area contributed by atoms with Crippen LogP contribution in [0.1, 0.15) is 51.2 Å². The molecule has 1 heterocycles. The molecule has 1 N–H and O–H groups in total. The fraction of sp³-hybridized carbons (Fsp3) is 0.372. The number of aryl methyl sites for hydroxylation is 1. The zero-order valence-electron chi connectivity index (χ0n) is 32.5. The predicted octanol–water partition coefficient (Wildman–Crippen LogP) is 8.82. The molecule has 4 aromatic carbocycles. The smallest absolute Gasteiger partial charge is 0.448 e. The Balaban J connectivity index is 1.02. The Kier molecular flexibility index (Phi) is 15.5. The van der Waals surface area contributed by atoms with Gasteiger partial charge in [0.05, 0.1) is 17.2 Å². The number of para-hydroxylation sites is 2. The van der Waals surface area contributed by atoms with Gasteiger partial charge in [0.25, 0.3) is 0 Å². The number of carbonyl (C=O) groups excluding carboxylic acids is 1. The minimum absolute atomic E-state index is 0.112. The van der Waals surface area contributed by atoms with Crippen molar-refractivity contribution in [2.24, 2.45) is 0 Å². The highest BCUT2D eigenvalue weighted by Gasteiger charge is 2.39. The number of unbranched alkanes of at least 4 members (excludes halogenated alkanes) is 1. The number of benzene rings is 4. The number of nitrogens with zero attached hydrogens (tertiary/aromatic N) is 2. The molecule has 10 nitrogen and oxygen atoms in total. The Labute approximate surface area is 327 Å². The van der Waals surface area contributed by atoms with Crippen LogP contribution in [0, 0.1) is 0 Å². The first-order valence-corrected chi connectivity index (χ1v) is 22.9. The molecule has 0 spiro atoms. The average Bonchev–Trinajstić information content (AvgIpc) is 3.51. The first kappa shape index (κ1) is 41.7. The molecule has 0 saturated carbocycles. The number of hydrogen-bond donors (Lipinski definition) is 1. The van der Waals surface area contributed by atoms with E-state index in [-0.39, 0.29) is 12.4 Å². The highest BCUT2D eigenvalue weighted by Crippen LogP contribution is 2.29. The maximum atomic E-state index is 13.2. The van der Waals surface area contributed by atoms with Gasteiger partial charge in [-0.1, -0.05) is 72.8 Å². The number of amides is 1. The van der Waals surface area contributed by atoms with Gasteiger partial charge in [-0.25, -0.2) is 13.2 Å². The zero-order chi connectivity index (χ0) is 39.1. The number of ether oxygens (including phenoxy) is 1. The molecular weight excluding hydrogens is 731 g/mol. The number of sulfone groups is 1. The lowest BCUT2D eigenvalue weighted by atomic mass is 10.1. The molecule has 0 radical (unpaired) electrons. The van der Waals surface area contributed by atoms with Crippen molar-refractivity contribution in [2.45, 2.75) is 57.5 Å². The first-order chi connectivity index (χ1) is 26.7. The van der Waals surface area contributed by atoms with E-state index in [0.29, 0.717) is 56.7 Å². The minimum atomic E-state index is -3.39. The summed E-state index contributed by atoms with van der Waals surface area (Å²) in [6, 6.07) is 32.5. The van der Waals surface area contributed by atoms with Crippen LogP contribution in [0.3, 0.4) is 0 Å². The molecule has 0 bridgehead atoms. The summed E-state index contributed by atoms with van der Waals surface area (Å²) < 4.78 is 51.6. The molecule has 0 atom stereocenters. The standard InChI is InChI=1S/C43H55N3O7SSi/c1-5-51-55(52-6-2,53-7-3)34-14-29-44-43(47)50-32-31-45(4)37-25-21-35(22-26-37)19-20-36-23-27-38(28-24-36)54(48,49)33-13-12-30-46-41-17-10-8-15-39(41)40-16-9-11-18-42(40)46/h8-11,15-28H,5-7,12-14,29-34H2,1-4H3,(H,44,47)/b20-19+. The fourth-order valence-corrected chi connectivity index (χ4v) is 10.7. The van der Waals surface area contributed by atoms with Crippen LogP contribution in [0.4, 0.5) is 10.5 Å². The monoisotopic (exact) mass is 785 g/mol. The molecule has 0 fully saturated rings. The van der Waals surface area contributed by atoms with E-state index >= 15 is 0 Å². The summed E-state index contributed by atoms with van der Waals surface area (Å²) in [6.45, 7) is 9.33. The van der Waals surface area contributed by atoms with Crippen LogP contribution in [0.15, 0.2) is 102 Å². The Morgan fingerprint density at radius 3 is 1.85 bits per heavy atom. The van der Waals surface area contributed by atoms with Crippen LogP contribution < -0.4 is 10.2 Å². The van der Waals surface area contributed by atoms with Crippen molar-refractivity contribution < 1.29 is 31.2 Å². The summed E-state index contributed by atoms with van der Waals surface area (Å²) in [5, 5.41) is 5.25. The van der Waals surface area contributed by atoms with Crippen LogP contribution in [0.5, 0.6) is 0 Å². The van der Waals surface area contributed by atoms with Gasteiger partial charge in [-0.05, 0) is 87.6 Å². The second kappa shape index (κ2) is 20.5. The van der Waals surface area contributed by atoms with E-state index in [1.165, 1.54) is 21.8 Å². The summed E-state index contributed by atoms with van der Waals surface area (Å²) in [5.74, 6) is 0.112. The van der Waals surface area contributed by atoms with Gasteiger partial charge in [0, 0.05) is 73.5 Å². The number of carbonyl (C=O) groups is 1. The SMILES string of the molecule is CCO[Si](CCCNC(=O)OCCN(C)c1ccc(/C=C/c2ccc(S(=O)(=O)CCCCn3c4ccccc4c4ccccc43)cc2)cc1)(OCC)OCC. The molecule has 294 valence electrons. The molecule has 1 amide bonds. The van der Waals surface area contributed by atoms with Crippen molar-refractivity contribution in [3.8, 4) is 0 Å². The molecule has 12 heteroatoms. The van der Waals surface area contributed by atoms with Gasteiger partial charge in [0.15, 0.2) is 9.84 Å². The van der Waals surface area contributed by atoms with Crippen LogP contribution in [0.25, 0.3) is 34.0 Å². The Morgan fingerprint density at radius 1 is 0.745 bits per heavy atom. The third-order valence-electron chi connectivity index (χ3n) is 9.45. The van der Waals surface area contributed by atoms with E-state index in [2.05, 4.69) is 46.3 Å². The van der Waals surface area contributed by atoms with Gasteiger partial charge in [0.2, 0.25) is 0 Å². The lowest BCUT2D eigenvalue weighted by Crippen LogP contribution is -2.46. The molecule has 0 aliphatic rings. The van der Waals surface area contributed by atoms with Crippen molar-refractivity contribution in [1.82, 2.24) is 9.88 Å². The molecule has 1 aromatic heterocycles. The number of rotatable bonds is 22. The number of likely N-dealkylation sites (N-methyl/N-ethyl adjacent to an activating group) is 1. The lowest BCUT2D eigenvalue weighted by molar-refractivity contribution is 0.0706. The summed E-state index contributed by atoms with van der Waals surface area (Å²) in [7, 11) is -4.17. The molecule has 5 rings (SSSR count). The summed E-state index contributed by atoms with van der Waals surface area (Å²) in [5.41, 5.74) is 5.28. The van der Waals surface area contributed by atoms with Crippen molar-refractivity contribution in [3.63, 3.8) is 0 Å². The third kappa shape index (κ3) is 11.5. The van der Waals surface area contributed by atoms with Crippen molar-refractivity contribution in [1.29, 1.82) is 0 Å². The van der Waals surface area contributed by atoms with Crippen LogP contribution in [-0.4, -0.2) is 80.2 Å². The number of aromatic nitrogens is 1. The lowest BCUT2D eigenvalue weighted by Gasteiger charge is -2.28. The van der Waals surface area contributed by atoms with Crippen molar-refractivity contribution in [2.75, 3.05) is 57.2 Å². The van der Waals surface area contributed by atoms with Crippen LogP contribution in [-0.2, 0) is 34.4 Å². The molecule has 5 aromatic rings. The average molecular weight is 786 g/mol. The largest absolute Gasteiger partial charge is 0.500 e. The van der Waals surface area contributed by atoms with E-state index in [1.54, 1.807) is 12.1 Å².